The molecule has 88 valence electrons. The number of ether oxygens (including phenoxy) is 2. The molecule has 2 aromatic heterocycles. The van der Waals surface area contributed by atoms with E-state index in [0.717, 1.165) is 16.6 Å². The molecule has 4 heteroatoms. The van der Waals surface area contributed by atoms with Crippen LogP contribution in [0.5, 0.6) is 5.88 Å². The molecule has 0 aromatic carbocycles. The Bertz CT molecular complexity index is 552. The van der Waals surface area contributed by atoms with Crippen molar-refractivity contribution in [1.29, 1.82) is 0 Å². The second kappa shape index (κ2) is 4.82. The number of nitrogens with zero attached hydrogens (tertiary/aromatic N) is 2. The molecule has 0 aliphatic heterocycles. The summed E-state index contributed by atoms with van der Waals surface area (Å²) in [5.74, 6) is 1.15. The van der Waals surface area contributed by atoms with Crippen molar-refractivity contribution in [3.8, 4) is 5.88 Å². The van der Waals surface area contributed by atoms with Gasteiger partial charge in [-0.2, -0.15) is 0 Å². The average Bonchev–Trinajstić information content (AvgIpc) is 2.37. The highest BCUT2D eigenvalue weighted by molar-refractivity contribution is 5.86. The molecule has 0 radical (unpaired) electrons. The Labute approximate surface area is 99.9 Å². The van der Waals surface area contributed by atoms with Gasteiger partial charge in [0.15, 0.2) is 0 Å². The van der Waals surface area contributed by atoms with E-state index in [0.29, 0.717) is 18.2 Å². The molecule has 0 unspecified atom stereocenters. The van der Waals surface area contributed by atoms with Crippen LogP contribution >= 0.6 is 0 Å². The van der Waals surface area contributed by atoms with Crippen LogP contribution in [0.1, 0.15) is 12.5 Å². The van der Waals surface area contributed by atoms with Crippen LogP contribution in [-0.4, -0.2) is 23.7 Å². The SMILES string of the molecule is C=C(OCC)c1ccnc2ccc(OC)nc12. The van der Waals surface area contributed by atoms with Gasteiger partial charge < -0.3 is 9.47 Å². The van der Waals surface area contributed by atoms with Crippen LogP contribution in [0.25, 0.3) is 16.8 Å². The molecule has 0 spiro atoms. The Morgan fingerprint density at radius 1 is 1.35 bits per heavy atom. The van der Waals surface area contributed by atoms with Gasteiger partial charge in [0.2, 0.25) is 5.88 Å². The third-order valence-corrected chi connectivity index (χ3v) is 2.39. The fraction of sp³-hybridized carbons (Fsp3) is 0.231. The molecule has 0 atom stereocenters. The molecule has 2 rings (SSSR count). The van der Waals surface area contributed by atoms with Crippen LogP contribution in [0.4, 0.5) is 0 Å². The van der Waals surface area contributed by atoms with Crippen LogP contribution in [0.2, 0.25) is 0 Å². The van der Waals surface area contributed by atoms with E-state index >= 15 is 0 Å². The van der Waals surface area contributed by atoms with Crippen molar-refractivity contribution in [2.45, 2.75) is 6.92 Å². The largest absolute Gasteiger partial charge is 0.494 e. The van der Waals surface area contributed by atoms with Crippen molar-refractivity contribution < 1.29 is 9.47 Å². The fourth-order valence-electron chi connectivity index (χ4n) is 1.60. The molecule has 17 heavy (non-hydrogen) atoms. The van der Waals surface area contributed by atoms with Gasteiger partial charge in [0.1, 0.15) is 11.3 Å². The van der Waals surface area contributed by atoms with E-state index in [4.69, 9.17) is 9.47 Å². The summed E-state index contributed by atoms with van der Waals surface area (Å²) in [5.41, 5.74) is 2.38. The lowest BCUT2D eigenvalue weighted by Crippen LogP contribution is -1.96. The zero-order chi connectivity index (χ0) is 12.3. The zero-order valence-corrected chi connectivity index (χ0v) is 9.93. The summed E-state index contributed by atoms with van der Waals surface area (Å²) in [4.78, 5) is 8.62. The molecule has 0 aliphatic rings. The van der Waals surface area contributed by atoms with Crippen molar-refractivity contribution in [1.82, 2.24) is 9.97 Å². The third-order valence-electron chi connectivity index (χ3n) is 2.39. The maximum Gasteiger partial charge on any atom is 0.213 e. The first-order valence-electron chi connectivity index (χ1n) is 5.38. The van der Waals surface area contributed by atoms with Gasteiger partial charge in [-0.1, -0.05) is 6.58 Å². The minimum absolute atomic E-state index is 0.552. The number of hydrogen-bond donors (Lipinski definition) is 0. The van der Waals surface area contributed by atoms with E-state index in [-0.39, 0.29) is 0 Å². The Hall–Kier alpha value is -2.10. The quantitative estimate of drug-likeness (QED) is 0.757. The molecule has 0 N–H and O–H groups in total. The summed E-state index contributed by atoms with van der Waals surface area (Å²) < 4.78 is 10.5. The molecular formula is C13H14N2O2. The Balaban J connectivity index is 2.58. The van der Waals surface area contributed by atoms with Gasteiger partial charge in [-0.25, -0.2) is 4.98 Å². The fourth-order valence-corrected chi connectivity index (χ4v) is 1.60. The number of rotatable bonds is 4. The lowest BCUT2D eigenvalue weighted by Gasteiger charge is -2.09. The molecule has 0 fully saturated rings. The molecule has 4 nitrogen and oxygen atoms in total. The third kappa shape index (κ3) is 2.20. The van der Waals surface area contributed by atoms with Gasteiger partial charge >= 0.3 is 0 Å². The van der Waals surface area contributed by atoms with Gasteiger partial charge in [0, 0.05) is 17.8 Å². The van der Waals surface area contributed by atoms with Crippen LogP contribution in [0.15, 0.2) is 31.0 Å². The lowest BCUT2D eigenvalue weighted by atomic mass is 10.2. The van der Waals surface area contributed by atoms with E-state index in [9.17, 15) is 0 Å². The summed E-state index contributed by atoms with van der Waals surface area (Å²) in [6.45, 7) is 6.38. The Morgan fingerprint density at radius 3 is 2.88 bits per heavy atom. The standard InChI is InChI=1S/C13H14N2O2/c1-4-17-9(2)10-7-8-14-11-5-6-12(16-3)15-13(10)11/h5-8H,2,4H2,1,3H3. The van der Waals surface area contributed by atoms with Gasteiger partial charge in [-0.15, -0.1) is 0 Å². The minimum Gasteiger partial charge on any atom is -0.494 e. The molecule has 0 aliphatic carbocycles. The first kappa shape index (κ1) is 11.4. The predicted molar refractivity (Wildman–Crippen MR) is 66.8 cm³/mol. The first-order valence-corrected chi connectivity index (χ1v) is 5.38. The van der Waals surface area contributed by atoms with E-state index in [1.807, 2.05) is 19.1 Å². The van der Waals surface area contributed by atoms with E-state index in [1.165, 1.54) is 0 Å². The Morgan fingerprint density at radius 2 is 2.18 bits per heavy atom. The summed E-state index contributed by atoms with van der Waals surface area (Å²) in [6, 6.07) is 5.49. The number of hydrogen-bond acceptors (Lipinski definition) is 4. The van der Waals surface area contributed by atoms with Crippen LogP contribution in [0.3, 0.4) is 0 Å². The summed E-state index contributed by atoms with van der Waals surface area (Å²) in [7, 11) is 1.58. The van der Waals surface area contributed by atoms with E-state index < -0.39 is 0 Å². The minimum atomic E-state index is 0.552. The summed E-state index contributed by atoms with van der Waals surface area (Å²) in [5, 5.41) is 0. The van der Waals surface area contributed by atoms with Crippen molar-refractivity contribution in [3.63, 3.8) is 0 Å². The lowest BCUT2D eigenvalue weighted by molar-refractivity contribution is 0.299. The van der Waals surface area contributed by atoms with Crippen molar-refractivity contribution in [2.24, 2.45) is 0 Å². The number of methoxy groups -OCH3 is 1. The predicted octanol–water partition coefficient (Wildman–Crippen LogP) is 2.65. The second-order valence-corrected chi connectivity index (χ2v) is 3.44. The number of fused-ring (bicyclic) bond motifs is 1. The molecule has 0 amide bonds. The van der Waals surface area contributed by atoms with Crippen LogP contribution in [0, 0.1) is 0 Å². The van der Waals surface area contributed by atoms with Crippen LogP contribution in [-0.2, 0) is 4.74 Å². The maximum atomic E-state index is 5.41. The molecule has 2 aromatic rings. The normalized spacial score (nSPS) is 10.2. The Kier molecular flexibility index (Phi) is 3.23. The zero-order valence-electron chi connectivity index (χ0n) is 9.93. The van der Waals surface area contributed by atoms with Crippen molar-refractivity contribution in [3.05, 3.63) is 36.5 Å². The van der Waals surface area contributed by atoms with Gasteiger partial charge in [0.25, 0.3) is 0 Å². The smallest absolute Gasteiger partial charge is 0.213 e. The number of aromatic nitrogens is 2. The summed E-state index contributed by atoms with van der Waals surface area (Å²) in [6.07, 6.45) is 1.72. The summed E-state index contributed by atoms with van der Waals surface area (Å²) >= 11 is 0. The maximum absolute atomic E-state index is 5.41. The highest BCUT2D eigenvalue weighted by atomic mass is 16.5. The molecular weight excluding hydrogens is 216 g/mol. The number of pyridine rings is 2. The first-order chi connectivity index (χ1) is 8.26. The van der Waals surface area contributed by atoms with E-state index in [2.05, 4.69) is 16.5 Å². The van der Waals surface area contributed by atoms with Gasteiger partial charge in [0.05, 0.1) is 19.2 Å². The monoisotopic (exact) mass is 230 g/mol. The van der Waals surface area contributed by atoms with E-state index in [1.54, 1.807) is 19.4 Å². The average molecular weight is 230 g/mol. The van der Waals surface area contributed by atoms with Crippen molar-refractivity contribution >= 4 is 16.8 Å². The topological polar surface area (TPSA) is 44.2 Å². The molecule has 2 heterocycles. The molecule has 0 saturated heterocycles. The van der Waals surface area contributed by atoms with Gasteiger partial charge in [-0.3, -0.25) is 4.98 Å². The highest BCUT2D eigenvalue weighted by Crippen LogP contribution is 2.23. The molecule has 0 saturated carbocycles. The van der Waals surface area contributed by atoms with Crippen molar-refractivity contribution in [2.75, 3.05) is 13.7 Å². The highest BCUT2D eigenvalue weighted by Gasteiger charge is 2.08. The second-order valence-electron chi connectivity index (χ2n) is 3.44. The van der Waals surface area contributed by atoms with Gasteiger partial charge in [-0.05, 0) is 19.1 Å². The van der Waals surface area contributed by atoms with Crippen LogP contribution < -0.4 is 4.74 Å². The molecule has 0 bridgehead atoms.